The van der Waals surface area contributed by atoms with Crippen LogP contribution in [0.2, 0.25) is 0 Å². The number of hydrogen-bond donors (Lipinski definition) is 4. The minimum Gasteiger partial charge on any atom is -0.508 e. The SMILES string of the molecule is CCCC(C(=O)O)c1cc(C2(c3ccc(O)c(C(CCC)C(=O)O)c3)CCCCC2)ccc1O. The monoisotopic (exact) mass is 468 g/mol. The quantitative estimate of drug-likeness (QED) is 0.326. The summed E-state index contributed by atoms with van der Waals surface area (Å²) in [6.07, 6.45) is 6.96. The van der Waals surface area contributed by atoms with Crippen LogP contribution in [0, 0.1) is 0 Å². The van der Waals surface area contributed by atoms with E-state index in [1.165, 1.54) is 0 Å². The third-order valence-corrected chi connectivity index (χ3v) is 7.37. The molecule has 3 rings (SSSR count). The van der Waals surface area contributed by atoms with Gasteiger partial charge in [-0.15, -0.1) is 0 Å². The van der Waals surface area contributed by atoms with Crippen molar-refractivity contribution in [2.24, 2.45) is 0 Å². The molecule has 0 aliphatic heterocycles. The molecule has 2 aromatic rings. The molecule has 2 atom stereocenters. The molecule has 1 aliphatic carbocycles. The molecule has 1 aliphatic rings. The Kier molecular flexibility index (Phi) is 8.24. The molecule has 0 saturated heterocycles. The smallest absolute Gasteiger partial charge is 0.311 e. The molecule has 0 heterocycles. The van der Waals surface area contributed by atoms with E-state index >= 15 is 0 Å². The number of phenolic OH excluding ortho intramolecular Hbond substituents is 2. The van der Waals surface area contributed by atoms with E-state index in [4.69, 9.17) is 0 Å². The van der Waals surface area contributed by atoms with Crippen LogP contribution in [-0.2, 0) is 15.0 Å². The van der Waals surface area contributed by atoms with E-state index in [-0.39, 0.29) is 11.5 Å². The molecule has 0 spiro atoms. The van der Waals surface area contributed by atoms with Gasteiger partial charge in [-0.25, -0.2) is 0 Å². The number of carboxylic acid groups (broad SMARTS) is 2. The molecule has 2 unspecified atom stereocenters. The van der Waals surface area contributed by atoms with Crippen molar-refractivity contribution in [3.05, 3.63) is 58.7 Å². The van der Waals surface area contributed by atoms with Crippen molar-refractivity contribution in [2.45, 2.75) is 88.9 Å². The maximum Gasteiger partial charge on any atom is 0.311 e. The lowest BCUT2D eigenvalue weighted by Crippen LogP contribution is -2.31. The van der Waals surface area contributed by atoms with Crippen LogP contribution >= 0.6 is 0 Å². The van der Waals surface area contributed by atoms with Gasteiger partial charge in [0, 0.05) is 16.5 Å². The first-order chi connectivity index (χ1) is 16.2. The van der Waals surface area contributed by atoms with Crippen LogP contribution in [0.3, 0.4) is 0 Å². The second kappa shape index (κ2) is 10.9. The summed E-state index contributed by atoms with van der Waals surface area (Å²) < 4.78 is 0. The van der Waals surface area contributed by atoms with E-state index in [0.717, 1.165) is 43.2 Å². The molecule has 184 valence electrons. The van der Waals surface area contributed by atoms with Gasteiger partial charge in [-0.2, -0.15) is 0 Å². The molecule has 0 bridgehead atoms. The molecule has 6 heteroatoms. The molecule has 34 heavy (non-hydrogen) atoms. The van der Waals surface area contributed by atoms with Crippen molar-refractivity contribution in [1.29, 1.82) is 0 Å². The number of benzene rings is 2. The lowest BCUT2D eigenvalue weighted by molar-refractivity contribution is -0.140. The van der Waals surface area contributed by atoms with E-state index in [1.807, 2.05) is 38.1 Å². The zero-order valence-electron chi connectivity index (χ0n) is 20.1. The predicted octanol–water partition coefficient (Wildman–Crippen LogP) is 6.28. The minimum absolute atomic E-state index is 0.0177. The largest absolute Gasteiger partial charge is 0.508 e. The molecule has 2 aromatic carbocycles. The number of aliphatic carboxylic acids is 2. The molecule has 6 nitrogen and oxygen atoms in total. The van der Waals surface area contributed by atoms with E-state index in [2.05, 4.69) is 0 Å². The summed E-state index contributed by atoms with van der Waals surface area (Å²) in [7, 11) is 0. The molecule has 0 aromatic heterocycles. The number of hydrogen-bond acceptors (Lipinski definition) is 4. The Labute approximate surface area is 201 Å². The van der Waals surface area contributed by atoms with Gasteiger partial charge < -0.3 is 20.4 Å². The fourth-order valence-electron chi connectivity index (χ4n) is 5.56. The summed E-state index contributed by atoms with van der Waals surface area (Å²) in [5.74, 6) is -3.53. The van der Waals surface area contributed by atoms with Crippen LogP contribution in [0.5, 0.6) is 11.5 Å². The Morgan fingerprint density at radius 2 is 1.18 bits per heavy atom. The summed E-state index contributed by atoms with van der Waals surface area (Å²) in [6, 6.07) is 10.6. The van der Waals surface area contributed by atoms with Crippen molar-refractivity contribution < 1.29 is 30.0 Å². The van der Waals surface area contributed by atoms with Crippen molar-refractivity contribution in [3.8, 4) is 11.5 Å². The molecular formula is C28H36O6. The topological polar surface area (TPSA) is 115 Å². The minimum atomic E-state index is -0.956. The first-order valence-electron chi connectivity index (χ1n) is 12.4. The summed E-state index contributed by atoms with van der Waals surface area (Å²) in [5, 5.41) is 40.7. The highest BCUT2D eigenvalue weighted by molar-refractivity contribution is 5.78. The molecule has 1 fully saturated rings. The number of phenols is 2. The highest BCUT2D eigenvalue weighted by Crippen LogP contribution is 2.48. The number of carbonyl (C=O) groups is 2. The van der Waals surface area contributed by atoms with Crippen LogP contribution in [0.1, 0.15) is 106 Å². The highest BCUT2D eigenvalue weighted by atomic mass is 16.4. The van der Waals surface area contributed by atoms with Gasteiger partial charge >= 0.3 is 11.9 Å². The third kappa shape index (κ3) is 5.06. The van der Waals surface area contributed by atoms with Crippen LogP contribution in [0.25, 0.3) is 0 Å². The summed E-state index contributed by atoms with van der Waals surface area (Å²) in [6.45, 7) is 3.85. The average Bonchev–Trinajstić information content (AvgIpc) is 2.82. The maximum absolute atomic E-state index is 12.0. The van der Waals surface area contributed by atoms with Crippen LogP contribution in [0.4, 0.5) is 0 Å². The van der Waals surface area contributed by atoms with E-state index in [0.29, 0.717) is 36.8 Å². The standard InChI is InChI=1S/C28H36O6/c1-3-8-20(26(31)32)22-16-18(10-12-24(22)29)28(14-6-5-7-15-28)19-11-13-25(30)23(17-19)21(9-4-2)27(33)34/h10-13,16-17,20-21,29-30H,3-9,14-15H2,1-2H3,(H,31,32)(H,33,34). The molecule has 0 amide bonds. The van der Waals surface area contributed by atoms with Crippen molar-refractivity contribution in [1.82, 2.24) is 0 Å². The predicted molar refractivity (Wildman–Crippen MR) is 131 cm³/mol. The Bertz CT molecular complexity index is 946. The fourth-order valence-corrected chi connectivity index (χ4v) is 5.56. The first-order valence-corrected chi connectivity index (χ1v) is 12.4. The number of rotatable bonds is 10. The van der Waals surface area contributed by atoms with Crippen LogP contribution < -0.4 is 0 Å². The normalized spacial score (nSPS) is 17.1. The van der Waals surface area contributed by atoms with Crippen LogP contribution in [-0.4, -0.2) is 32.4 Å². The molecule has 1 saturated carbocycles. The van der Waals surface area contributed by atoms with Gasteiger partial charge in [0.2, 0.25) is 0 Å². The Morgan fingerprint density at radius 1 is 0.765 bits per heavy atom. The van der Waals surface area contributed by atoms with E-state index in [9.17, 15) is 30.0 Å². The van der Waals surface area contributed by atoms with Crippen molar-refractivity contribution in [3.63, 3.8) is 0 Å². The maximum atomic E-state index is 12.0. The van der Waals surface area contributed by atoms with Gasteiger partial charge in [0.05, 0.1) is 11.8 Å². The van der Waals surface area contributed by atoms with E-state index in [1.54, 1.807) is 12.1 Å². The summed E-state index contributed by atoms with van der Waals surface area (Å²) >= 11 is 0. The number of aromatic hydroxyl groups is 2. The molecule has 0 radical (unpaired) electrons. The summed E-state index contributed by atoms with van der Waals surface area (Å²) in [5.41, 5.74) is 2.27. The van der Waals surface area contributed by atoms with Gasteiger partial charge in [-0.3, -0.25) is 9.59 Å². The Hall–Kier alpha value is -3.02. The van der Waals surface area contributed by atoms with Gasteiger partial charge in [0.15, 0.2) is 0 Å². The van der Waals surface area contributed by atoms with Crippen molar-refractivity contribution >= 4 is 11.9 Å². The zero-order chi connectivity index (χ0) is 24.9. The Balaban J connectivity index is 2.18. The molecular weight excluding hydrogens is 432 g/mol. The van der Waals surface area contributed by atoms with E-state index < -0.39 is 29.2 Å². The van der Waals surface area contributed by atoms with Gasteiger partial charge in [0.25, 0.3) is 0 Å². The second-order valence-corrected chi connectivity index (χ2v) is 9.55. The second-order valence-electron chi connectivity index (χ2n) is 9.55. The lowest BCUT2D eigenvalue weighted by Gasteiger charge is -2.39. The first kappa shape index (κ1) is 25.6. The Morgan fingerprint density at radius 3 is 1.53 bits per heavy atom. The highest BCUT2D eigenvalue weighted by Gasteiger charge is 2.38. The van der Waals surface area contributed by atoms with Crippen LogP contribution in [0.15, 0.2) is 36.4 Å². The zero-order valence-corrected chi connectivity index (χ0v) is 20.1. The van der Waals surface area contributed by atoms with Gasteiger partial charge in [0.1, 0.15) is 11.5 Å². The number of carboxylic acids is 2. The summed E-state index contributed by atoms with van der Waals surface area (Å²) in [4.78, 5) is 23.9. The van der Waals surface area contributed by atoms with Gasteiger partial charge in [-0.1, -0.05) is 70.2 Å². The fraction of sp³-hybridized carbons (Fsp3) is 0.500. The third-order valence-electron chi connectivity index (χ3n) is 7.37. The lowest BCUT2D eigenvalue weighted by atomic mass is 9.64. The van der Waals surface area contributed by atoms with Crippen molar-refractivity contribution in [2.75, 3.05) is 0 Å². The van der Waals surface area contributed by atoms with Gasteiger partial charge in [-0.05, 0) is 48.9 Å². The molecule has 4 N–H and O–H groups in total. The average molecular weight is 469 g/mol.